The van der Waals surface area contributed by atoms with Crippen LogP contribution in [0.15, 0.2) is 0 Å². The van der Waals surface area contributed by atoms with Gasteiger partial charge in [0.25, 0.3) is 0 Å². The molecule has 3 unspecified atom stereocenters. The summed E-state index contributed by atoms with van der Waals surface area (Å²) in [6.45, 7) is 8.98. The molecule has 0 aliphatic carbocycles. The second kappa shape index (κ2) is 4.40. The van der Waals surface area contributed by atoms with Gasteiger partial charge in [0.1, 0.15) is 0 Å². The molecule has 0 radical (unpaired) electrons. The molecular weight excluding hydrogens is 164 g/mol. The van der Waals surface area contributed by atoms with Crippen LogP contribution in [0.25, 0.3) is 0 Å². The van der Waals surface area contributed by atoms with E-state index in [2.05, 4.69) is 25.7 Å². The Morgan fingerprint density at radius 3 is 2.46 bits per heavy atom. The topological polar surface area (TPSA) is 49.5 Å². The predicted molar refractivity (Wildman–Crippen MR) is 54.4 cm³/mol. The lowest BCUT2D eigenvalue weighted by Crippen LogP contribution is -2.39. The molecule has 0 aromatic heterocycles. The maximum absolute atomic E-state index is 9.44. The molecule has 1 saturated heterocycles. The highest BCUT2D eigenvalue weighted by Gasteiger charge is 2.33. The molecule has 1 aliphatic heterocycles. The minimum absolute atomic E-state index is 0.361. The summed E-state index contributed by atoms with van der Waals surface area (Å²) in [6.07, 6.45) is -0.361. The van der Waals surface area contributed by atoms with Crippen LogP contribution in [-0.4, -0.2) is 41.8 Å². The van der Waals surface area contributed by atoms with Crippen molar-refractivity contribution in [3.05, 3.63) is 0 Å². The number of hydrogen-bond donors (Lipinski definition) is 2. The van der Waals surface area contributed by atoms with Crippen LogP contribution in [-0.2, 0) is 0 Å². The van der Waals surface area contributed by atoms with Crippen LogP contribution in [0.3, 0.4) is 0 Å². The van der Waals surface area contributed by atoms with Crippen molar-refractivity contribution in [2.45, 2.75) is 32.9 Å². The van der Waals surface area contributed by atoms with E-state index in [4.69, 9.17) is 5.73 Å². The maximum Gasteiger partial charge on any atom is 0.0789 e. The molecule has 0 aromatic rings. The molecule has 0 aromatic carbocycles. The van der Waals surface area contributed by atoms with E-state index in [1.165, 1.54) is 0 Å². The van der Waals surface area contributed by atoms with Gasteiger partial charge in [0.15, 0.2) is 0 Å². The van der Waals surface area contributed by atoms with Gasteiger partial charge in [0.2, 0.25) is 0 Å². The molecule has 13 heavy (non-hydrogen) atoms. The molecule has 0 saturated carbocycles. The van der Waals surface area contributed by atoms with Crippen molar-refractivity contribution in [1.82, 2.24) is 4.90 Å². The Kier molecular flexibility index (Phi) is 3.71. The monoisotopic (exact) mass is 186 g/mol. The van der Waals surface area contributed by atoms with Crippen LogP contribution in [0.1, 0.15) is 20.8 Å². The fourth-order valence-electron chi connectivity index (χ4n) is 2.10. The van der Waals surface area contributed by atoms with Gasteiger partial charge in [-0.2, -0.15) is 0 Å². The summed E-state index contributed by atoms with van der Waals surface area (Å²) in [5, 5.41) is 9.44. The van der Waals surface area contributed by atoms with E-state index in [1.54, 1.807) is 0 Å². The van der Waals surface area contributed by atoms with Gasteiger partial charge in [-0.25, -0.2) is 0 Å². The van der Waals surface area contributed by atoms with Gasteiger partial charge in [0.05, 0.1) is 6.10 Å². The average Bonchev–Trinajstić information content (AvgIpc) is 2.34. The lowest BCUT2D eigenvalue weighted by molar-refractivity contribution is 0.110. The standard InChI is InChI=1S/C10H22N2O/c1-7-5-12(6-10(13)4-11)9(3)8(7)2/h7-10,13H,4-6,11H2,1-3H3/t7?,8?,9?,10-/m0/s1. The van der Waals surface area contributed by atoms with Crippen molar-refractivity contribution < 1.29 is 5.11 Å². The Labute approximate surface area is 80.9 Å². The summed E-state index contributed by atoms with van der Waals surface area (Å²) in [5.41, 5.74) is 5.39. The van der Waals surface area contributed by atoms with E-state index in [0.717, 1.165) is 24.9 Å². The minimum Gasteiger partial charge on any atom is -0.390 e. The summed E-state index contributed by atoms with van der Waals surface area (Å²) in [5.74, 6) is 1.46. The highest BCUT2D eigenvalue weighted by Crippen LogP contribution is 2.28. The van der Waals surface area contributed by atoms with E-state index < -0.39 is 0 Å². The largest absolute Gasteiger partial charge is 0.390 e. The van der Waals surface area contributed by atoms with Crippen molar-refractivity contribution in [1.29, 1.82) is 0 Å². The molecule has 1 fully saturated rings. The van der Waals surface area contributed by atoms with Crippen molar-refractivity contribution in [2.24, 2.45) is 17.6 Å². The minimum atomic E-state index is -0.361. The fourth-order valence-corrected chi connectivity index (χ4v) is 2.10. The molecule has 0 amide bonds. The number of β-amino-alcohol motifs (C(OH)–C–C–N with tert-alkyl or cyclic N) is 1. The number of aliphatic hydroxyl groups is 1. The fraction of sp³-hybridized carbons (Fsp3) is 1.00. The SMILES string of the molecule is CC1CN(C[C@@H](O)CN)C(C)C1C. The first-order valence-electron chi connectivity index (χ1n) is 5.18. The van der Waals surface area contributed by atoms with Gasteiger partial charge in [-0.05, 0) is 18.8 Å². The van der Waals surface area contributed by atoms with Crippen molar-refractivity contribution in [3.63, 3.8) is 0 Å². The zero-order chi connectivity index (χ0) is 10.0. The number of hydrogen-bond acceptors (Lipinski definition) is 3. The Balaban J connectivity index is 2.44. The maximum atomic E-state index is 9.44. The zero-order valence-electron chi connectivity index (χ0n) is 8.90. The summed E-state index contributed by atoms with van der Waals surface area (Å²) in [7, 11) is 0. The molecule has 4 atom stereocenters. The summed E-state index contributed by atoms with van der Waals surface area (Å²) >= 11 is 0. The average molecular weight is 186 g/mol. The number of rotatable bonds is 3. The van der Waals surface area contributed by atoms with Crippen LogP contribution in [0.4, 0.5) is 0 Å². The smallest absolute Gasteiger partial charge is 0.0789 e. The number of aliphatic hydroxyl groups excluding tert-OH is 1. The van der Waals surface area contributed by atoms with Gasteiger partial charge in [-0.3, -0.25) is 4.90 Å². The molecule has 0 bridgehead atoms. The highest BCUT2D eigenvalue weighted by atomic mass is 16.3. The first kappa shape index (κ1) is 11.0. The molecule has 78 valence electrons. The molecular formula is C10H22N2O. The van der Waals surface area contributed by atoms with Crippen LogP contribution < -0.4 is 5.73 Å². The number of likely N-dealkylation sites (tertiary alicyclic amines) is 1. The number of nitrogens with zero attached hydrogens (tertiary/aromatic N) is 1. The Morgan fingerprint density at radius 2 is 2.08 bits per heavy atom. The third kappa shape index (κ3) is 2.42. The second-order valence-electron chi connectivity index (χ2n) is 4.42. The van der Waals surface area contributed by atoms with Gasteiger partial charge >= 0.3 is 0 Å². The first-order chi connectivity index (χ1) is 6.06. The molecule has 1 aliphatic rings. The third-order valence-corrected chi connectivity index (χ3v) is 3.47. The van der Waals surface area contributed by atoms with Crippen LogP contribution in [0.5, 0.6) is 0 Å². The molecule has 1 heterocycles. The second-order valence-corrected chi connectivity index (χ2v) is 4.42. The van der Waals surface area contributed by atoms with Crippen LogP contribution in [0.2, 0.25) is 0 Å². The van der Waals surface area contributed by atoms with E-state index in [9.17, 15) is 5.11 Å². The Hall–Kier alpha value is -0.120. The van der Waals surface area contributed by atoms with E-state index in [0.29, 0.717) is 12.6 Å². The van der Waals surface area contributed by atoms with E-state index in [-0.39, 0.29) is 6.10 Å². The van der Waals surface area contributed by atoms with Gasteiger partial charge in [-0.1, -0.05) is 13.8 Å². The normalized spacial score (nSPS) is 38.1. The first-order valence-corrected chi connectivity index (χ1v) is 5.18. The van der Waals surface area contributed by atoms with Crippen molar-refractivity contribution in [3.8, 4) is 0 Å². The Bertz CT molecular complexity index is 163. The van der Waals surface area contributed by atoms with E-state index in [1.807, 2.05) is 0 Å². The van der Waals surface area contributed by atoms with Crippen molar-refractivity contribution in [2.75, 3.05) is 19.6 Å². The quantitative estimate of drug-likeness (QED) is 0.666. The molecule has 3 nitrogen and oxygen atoms in total. The molecule has 3 N–H and O–H groups in total. The summed E-state index contributed by atoms with van der Waals surface area (Å²) in [6, 6.07) is 0.580. The van der Waals surface area contributed by atoms with Gasteiger partial charge < -0.3 is 10.8 Å². The lowest BCUT2D eigenvalue weighted by atomic mass is 9.95. The van der Waals surface area contributed by atoms with Gasteiger partial charge in [0, 0.05) is 25.7 Å². The van der Waals surface area contributed by atoms with Crippen molar-refractivity contribution >= 4 is 0 Å². The zero-order valence-corrected chi connectivity index (χ0v) is 8.90. The summed E-state index contributed by atoms with van der Waals surface area (Å²) in [4.78, 5) is 2.34. The highest BCUT2D eigenvalue weighted by molar-refractivity contribution is 4.87. The predicted octanol–water partition coefficient (Wildman–Crippen LogP) is 0.282. The lowest BCUT2D eigenvalue weighted by Gasteiger charge is -2.24. The molecule has 1 rings (SSSR count). The van der Waals surface area contributed by atoms with Crippen LogP contribution >= 0.6 is 0 Å². The summed E-state index contributed by atoms with van der Waals surface area (Å²) < 4.78 is 0. The third-order valence-electron chi connectivity index (χ3n) is 3.47. The van der Waals surface area contributed by atoms with E-state index >= 15 is 0 Å². The van der Waals surface area contributed by atoms with Crippen LogP contribution in [0, 0.1) is 11.8 Å². The number of nitrogens with two attached hydrogens (primary N) is 1. The van der Waals surface area contributed by atoms with Gasteiger partial charge in [-0.15, -0.1) is 0 Å². The molecule has 0 spiro atoms. The Morgan fingerprint density at radius 1 is 1.46 bits per heavy atom. The molecule has 3 heteroatoms.